The van der Waals surface area contributed by atoms with E-state index in [1.54, 1.807) is 31.2 Å². The van der Waals surface area contributed by atoms with E-state index in [0.29, 0.717) is 56.2 Å². The molecule has 0 fully saturated rings. The predicted molar refractivity (Wildman–Crippen MR) is 123 cm³/mol. The molecule has 3 aromatic rings. The number of hydrogen-bond donors (Lipinski definition) is 0. The number of ether oxygens (including phenoxy) is 7. The molecule has 0 amide bonds. The molecule has 4 rings (SSSR count). The van der Waals surface area contributed by atoms with Crippen molar-refractivity contribution >= 4 is 22.7 Å². The van der Waals surface area contributed by atoms with Crippen LogP contribution < -0.4 is 28.4 Å². The Morgan fingerprint density at radius 3 is 1.91 bits per heavy atom. The van der Waals surface area contributed by atoms with Crippen molar-refractivity contribution in [2.24, 2.45) is 0 Å². The van der Waals surface area contributed by atoms with Crippen LogP contribution in [0.3, 0.4) is 0 Å². The Morgan fingerprint density at radius 1 is 0.824 bits per heavy atom. The minimum atomic E-state index is -0.603. The molecule has 0 atom stereocenters. The molecule has 1 aliphatic heterocycles. The summed E-state index contributed by atoms with van der Waals surface area (Å²) in [5.41, 5.74) is 1.76. The molecule has 178 valence electrons. The molecule has 0 radical (unpaired) electrons. The number of carbonyl (C=O) groups excluding carboxylic acids is 2. The summed E-state index contributed by atoms with van der Waals surface area (Å²) in [6, 6.07) is 6.94. The highest BCUT2D eigenvalue weighted by molar-refractivity contribution is 6.13. The molecule has 0 bridgehead atoms. The van der Waals surface area contributed by atoms with Gasteiger partial charge in [0, 0.05) is 23.4 Å². The van der Waals surface area contributed by atoms with Crippen LogP contribution in [-0.4, -0.2) is 47.2 Å². The molecule has 9 nitrogen and oxygen atoms in total. The van der Waals surface area contributed by atoms with E-state index in [4.69, 9.17) is 33.2 Å². The molecule has 0 spiro atoms. The number of benzene rings is 3. The predicted octanol–water partition coefficient (Wildman–Crippen LogP) is 4.28. The molecule has 0 aromatic heterocycles. The Morgan fingerprint density at radius 2 is 1.41 bits per heavy atom. The Labute approximate surface area is 196 Å². The molecule has 1 heterocycles. The van der Waals surface area contributed by atoms with Crippen LogP contribution >= 0.6 is 0 Å². The fourth-order valence-corrected chi connectivity index (χ4v) is 4.13. The van der Waals surface area contributed by atoms with Gasteiger partial charge in [-0.2, -0.15) is 0 Å². The zero-order chi connectivity index (χ0) is 24.6. The Bertz CT molecular complexity index is 1280. The average Bonchev–Trinajstić information content (AvgIpc) is 3.30. The van der Waals surface area contributed by atoms with Gasteiger partial charge in [0.25, 0.3) is 0 Å². The van der Waals surface area contributed by atoms with Crippen molar-refractivity contribution in [3.8, 4) is 45.6 Å². The summed E-state index contributed by atoms with van der Waals surface area (Å²) in [5.74, 6) is 1.32. The van der Waals surface area contributed by atoms with Crippen molar-refractivity contribution in [1.29, 1.82) is 0 Å². The topological polar surface area (TPSA) is 98.8 Å². The minimum Gasteiger partial charge on any atom is -0.493 e. The van der Waals surface area contributed by atoms with Crippen LogP contribution in [0.2, 0.25) is 0 Å². The van der Waals surface area contributed by atoms with Gasteiger partial charge in [0.2, 0.25) is 12.5 Å². The van der Waals surface area contributed by atoms with E-state index in [2.05, 4.69) is 0 Å². The second-order valence-corrected chi connectivity index (χ2v) is 7.45. The van der Waals surface area contributed by atoms with E-state index in [0.717, 1.165) is 0 Å². The third-order valence-electron chi connectivity index (χ3n) is 5.58. The standard InChI is InChI=1S/C25H24O9/c1-12-21(25(27)31-6)22(14-7-19(28-3)24(30-5)20(8-14)29-4)15-9-17-18(33-11-32-17)10-16(15)23(12)34-13(2)26/h7-10H,11H2,1-6H3. The number of esters is 2. The van der Waals surface area contributed by atoms with Gasteiger partial charge in [-0.25, -0.2) is 4.79 Å². The quantitative estimate of drug-likeness (QED) is 0.388. The first-order valence-corrected chi connectivity index (χ1v) is 10.3. The third-order valence-corrected chi connectivity index (χ3v) is 5.58. The Kier molecular flexibility index (Phi) is 6.10. The molecule has 0 unspecified atom stereocenters. The molecule has 0 saturated heterocycles. The lowest BCUT2D eigenvalue weighted by Crippen LogP contribution is -2.11. The molecular weight excluding hydrogens is 444 g/mol. The molecule has 0 saturated carbocycles. The number of fused-ring (bicyclic) bond motifs is 2. The monoisotopic (exact) mass is 468 g/mol. The maximum Gasteiger partial charge on any atom is 0.338 e. The first-order valence-electron chi connectivity index (χ1n) is 10.3. The SMILES string of the molecule is COC(=O)c1c(C)c(OC(C)=O)c2cc3c(cc2c1-c1cc(OC)c(OC)c(OC)c1)OCO3. The van der Waals surface area contributed by atoms with Crippen molar-refractivity contribution in [3.05, 3.63) is 35.4 Å². The van der Waals surface area contributed by atoms with Crippen LogP contribution in [0, 0.1) is 6.92 Å². The van der Waals surface area contributed by atoms with Crippen molar-refractivity contribution in [2.45, 2.75) is 13.8 Å². The van der Waals surface area contributed by atoms with Gasteiger partial charge in [0.15, 0.2) is 23.0 Å². The van der Waals surface area contributed by atoms with Gasteiger partial charge >= 0.3 is 11.9 Å². The van der Waals surface area contributed by atoms with Crippen LogP contribution in [-0.2, 0) is 9.53 Å². The number of carbonyl (C=O) groups is 2. The number of hydrogen-bond acceptors (Lipinski definition) is 9. The van der Waals surface area contributed by atoms with Gasteiger partial charge in [0.1, 0.15) is 5.75 Å². The van der Waals surface area contributed by atoms with Crippen molar-refractivity contribution in [1.82, 2.24) is 0 Å². The van der Waals surface area contributed by atoms with Crippen LogP contribution in [0.15, 0.2) is 24.3 Å². The van der Waals surface area contributed by atoms with E-state index >= 15 is 0 Å². The van der Waals surface area contributed by atoms with Crippen molar-refractivity contribution < 1.29 is 42.7 Å². The summed E-state index contributed by atoms with van der Waals surface area (Å²) < 4.78 is 38.3. The molecule has 1 aliphatic rings. The fourth-order valence-electron chi connectivity index (χ4n) is 4.13. The third kappa shape index (κ3) is 3.68. The van der Waals surface area contributed by atoms with Gasteiger partial charge in [-0.05, 0) is 42.1 Å². The molecule has 3 aromatic carbocycles. The van der Waals surface area contributed by atoms with Crippen molar-refractivity contribution in [3.63, 3.8) is 0 Å². The van der Waals surface area contributed by atoms with E-state index in [-0.39, 0.29) is 18.1 Å². The minimum absolute atomic E-state index is 0.0525. The highest BCUT2D eigenvalue weighted by atomic mass is 16.7. The Hall–Kier alpha value is -4.14. The second kappa shape index (κ2) is 9.01. The van der Waals surface area contributed by atoms with E-state index in [1.807, 2.05) is 0 Å². The summed E-state index contributed by atoms with van der Waals surface area (Å²) in [4.78, 5) is 25.0. The lowest BCUT2D eigenvalue weighted by atomic mass is 9.88. The number of methoxy groups -OCH3 is 4. The maximum atomic E-state index is 13.1. The summed E-state index contributed by atoms with van der Waals surface area (Å²) in [7, 11) is 5.81. The summed E-state index contributed by atoms with van der Waals surface area (Å²) in [5, 5.41) is 1.15. The normalized spacial score (nSPS) is 11.8. The highest BCUT2D eigenvalue weighted by Gasteiger charge is 2.29. The van der Waals surface area contributed by atoms with Gasteiger partial charge < -0.3 is 33.2 Å². The lowest BCUT2D eigenvalue weighted by molar-refractivity contribution is -0.131. The van der Waals surface area contributed by atoms with E-state index in [1.165, 1.54) is 35.4 Å². The summed E-state index contributed by atoms with van der Waals surface area (Å²) in [6.45, 7) is 3.04. The summed E-state index contributed by atoms with van der Waals surface area (Å²) >= 11 is 0. The van der Waals surface area contributed by atoms with Crippen LogP contribution in [0.4, 0.5) is 0 Å². The maximum absolute atomic E-state index is 13.1. The van der Waals surface area contributed by atoms with Crippen LogP contribution in [0.5, 0.6) is 34.5 Å². The summed E-state index contributed by atoms with van der Waals surface area (Å²) in [6.07, 6.45) is 0. The van der Waals surface area contributed by atoms with Crippen molar-refractivity contribution in [2.75, 3.05) is 35.2 Å². The number of rotatable bonds is 6. The van der Waals surface area contributed by atoms with Crippen LogP contribution in [0.1, 0.15) is 22.8 Å². The molecule has 0 aliphatic carbocycles. The van der Waals surface area contributed by atoms with Crippen LogP contribution in [0.25, 0.3) is 21.9 Å². The van der Waals surface area contributed by atoms with E-state index < -0.39 is 11.9 Å². The first-order chi connectivity index (χ1) is 16.3. The van der Waals surface area contributed by atoms with Gasteiger partial charge in [-0.15, -0.1) is 0 Å². The molecule has 0 N–H and O–H groups in total. The first kappa shape index (κ1) is 23.0. The second-order valence-electron chi connectivity index (χ2n) is 7.45. The van der Waals surface area contributed by atoms with Gasteiger partial charge in [-0.3, -0.25) is 4.79 Å². The molecule has 9 heteroatoms. The highest BCUT2D eigenvalue weighted by Crippen LogP contribution is 2.49. The lowest BCUT2D eigenvalue weighted by Gasteiger charge is -2.21. The average molecular weight is 468 g/mol. The molecular formula is C25H24O9. The fraction of sp³-hybridized carbons (Fsp3) is 0.280. The van der Waals surface area contributed by atoms with Gasteiger partial charge in [-0.1, -0.05) is 0 Å². The largest absolute Gasteiger partial charge is 0.493 e. The van der Waals surface area contributed by atoms with Gasteiger partial charge in [0.05, 0.1) is 34.0 Å². The zero-order valence-corrected chi connectivity index (χ0v) is 19.7. The Balaban J connectivity index is 2.19. The smallest absolute Gasteiger partial charge is 0.338 e. The zero-order valence-electron chi connectivity index (χ0n) is 19.7. The molecule has 34 heavy (non-hydrogen) atoms. The van der Waals surface area contributed by atoms with E-state index in [9.17, 15) is 9.59 Å².